The Morgan fingerprint density at radius 3 is 1.94 bits per heavy atom. The summed E-state index contributed by atoms with van der Waals surface area (Å²) in [4.78, 5) is 70.9. The Morgan fingerprint density at radius 1 is 0.837 bits per heavy atom. The van der Waals surface area contributed by atoms with Crippen molar-refractivity contribution < 1.29 is 61.6 Å². The monoisotopic (exact) mass is 707 g/mol. The first-order valence-corrected chi connectivity index (χ1v) is 15.7. The molecule has 1 unspecified atom stereocenters. The zero-order valence-corrected chi connectivity index (χ0v) is 27.8. The van der Waals surface area contributed by atoms with E-state index < -0.39 is 60.2 Å². The van der Waals surface area contributed by atoms with Crippen LogP contribution < -0.4 is 27.0 Å². The van der Waals surface area contributed by atoms with Crippen LogP contribution in [0.5, 0.6) is 0 Å². The number of rotatable bonds is 20. The molecule has 0 aromatic heterocycles. The number of carbonyl (C=O) groups is 6. The number of benzene rings is 1. The molecule has 18 heteroatoms. The molecule has 1 aromatic carbocycles. The van der Waals surface area contributed by atoms with Crippen LogP contribution in [0.2, 0.25) is 0 Å². The highest BCUT2D eigenvalue weighted by Gasteiger charge is 2.38. The maximum atomic E-state index is 13.2. The first-order valence-electron chi connectivity index (χ1n) is 15.7. The molecule has 3 atom stereocenters. The summed E-state index contributed by atoms with van der Waals surface area (Å²) in [6.07, 6.45) is -2.97. The third-order valence-corrected chi connectivity index (χ3v) is 6.41. The Bertz CT molecular complexity index is 1170. The summed E-state index contributed by atoms with van der Waals surface area (Å²) in [5, 5.41) is 26.9. The quantitative estimate of drug-likeness (QED) is 0.0768. The molecule has 1 aromatic rings. The minimum Gasteiger partial charge on any atom is -0.480 e. The average Bonchev–Trinajstić information content (AvgIpc) is 3.02. The van der Waals surface area contributed by atoms with Crippen LogP contribution in [0.4, 0.5) is 22.8 Å². The molecular weight excluding hydrogens is 659 g/mol. The third-order valence-electron chi connectivity index (χ3n) is 6.41. The van der Waals surface area contributed by atoms with Crippen molar-refractivity contribution in [2.75, 3.05) is 19.7 Å². The highest BCUT2D eigenvalue weighted by Crippen LogP contribution is 2.13. The molecular formula is C31H48F3N5O10. The van der Waals surface area contributed by atoms with Crippen molar-refractivity contribution in [3.05, 3.63) is 35.9 Å². The number of amides is 4. The van der Waals surface area contributed by atoms with Gasteiger partial charge in [-0.1, -0.05) is 44.2 Å². The molecule has 0 saturated heterocycles. The van der Waals surface area contributed by atoms with Crippen molar-refractivity contribution in [2.24, 2.45) is 11.7 Å². The lowest BCUT2D eigenvalue weighted by molar-refractivity contribution is -0.192. The molecule has 4 amide bonds. The molecule has 0 heterocycles. The van der Waals surface area contributed by atoms with Gasteiger partial charge in [-0.05, 0) is 69.9 Å². The fraction of sp³-hybridized carbons (Fsp3) is 0.613. The van der Waals surface area contributed by atoms with E-state index in [4.69, 9.17) is 25.1 Å². The molecule has 278 valence electrons. The van der Waals surface area contributed by atoms with Crippen molar-refractivity contribution in [1.82, 2.24) is 21.3 Å². The number of aliphatic carboxylic acids is 2. The van der Waals surface area contributed by atoms with Crippen molar-refractivity contribution in [3.8, 4) is 0 Å². The molecule has 0 fully saturated rings. The molecule has 1 rings (SSSR count). The lowest BCUT2D eigenvalue weighted by Crippen LogP contribution is -2.55. The first-order chi connectivity index (χ1) is 23.0. The van der Waals surface area contributed by atoms with Gasteiger partial charge in [-0.2, -0.15) is 13.2 Å². The summed E-state index contributed by atoms with van der Waals surface area (Å²) in [6.45, 7) is 6.42. The smallest absolute Gasteiger partial charge is 0.480 e. The number of urea groups is 1. The number of esters is 1. The largest absolute Gasteiger partial charge is 0.490 e. The Hall–Kier alpha value is -4.61. The number of alkyl halides is 3. The maximum absolute atomic E-state index is 13.2. The second-order valence-electron chi connectivity index (χ2n) is 11.1. The number of carboxylic acid groups (broad SMARTS) is 2. The number of ether oxygens (including phenoxy) is 2. The normalized spacial score (nSPS) is 12.7. The van der Waals surface area contributed by atoms with E-state index in [9.17, 15) is 42.3 Å². The summed E-state index contributed by atoms with van der Waals surface area (Å²) in [7, 11) is 0. The number of nitrogens with one attached hydrogen (secondary N) is 4. The maximum Gasteiger partial charge on any atom is 0.490 e. The van der Waals surface area contributed by atoms with Gasteiger partial charge in [0.2, 0.25) is 5.91 Å². The van der Waals surface area contributed by atoms with Gasteiger partial charge in [-0.15, -0.1) is 0 Å². The highest BCUT2D eigenvalue weighted by atomic mass is 19.4. The summed E-state index contributed by atoms with van der Waals surface area (Å²) in [5.74, 6) is -5.06. The highest BCUT2D eigenvalue weighted by molar-refractivity contribution is 5.91. The van der Waals surface area contributed by atoms with Gasteiger partial charge in [-0.3, -0.25) is 4.79 Å². The van der Waals surface area contributed by atoms with E-state index in [-0.39, 0.29) is 38.5 Å². The van der Waals surface area contributed by atoms with Gasteiger partial charge in [-0.25, -0.2) is 24.0 Å². The van der Waals surface area contributed by atoms with Crippen LogP contribution in [0.1, 0.15) is 71.3 Å². The summed E-state index contributed by atoms with van der Waals surface area (Å²) >= 11 is 0. The van der Waals surface area contributed by atoms with Crippen molar-refractivity contribution in [3.63, 3.8) is 0 Å². The number of carbonyl (C=O) groups excluding carboxylic acids is 4. The Labute approximate surface area is 282 Å². The lowest BCUT2D eigenvalue weighted by atomic mass is 10.0. The molecule has 15 nitrogen and oxygen atoms in total. The van der Waals surface area contributed by atoms with Crippen LogP contribution in [0.3, 0.4) is 0 Å². The fourth-order valence-corrected chi connectivity index (χ4v) is 4.02. The van der Waals surface area contributed by atoms with Crippen molar-refractivity contribution in [2.45, 2.75) is 96.6 Å². The molecule has 0 aliphatic carbocycles. The minimum atomic E-state index is -5.08. The standard InChI is InChI=1S/C29H47N5O8.C2HF3O2/c1-4-41-27(38)24(18-20(2)3)32-25(35)22(33-28(39)34-23(26(36)37)15-8-10-16-30)14-9-11-17-31-29(40)42-19-21-12-6-5-7-13-21;3-2(4,5)1(6)7/h5-7,12-13,20,22-24H,4,8-11,14-19,30H2,1-3H3,(H,31,40)(H,32,35)(H,36,37)(H2,33,34,39);(H,6,7)/t22-,23+,24?;/m1./s1. The molecule has 0 radical (unpaired) electrons. The first kappa shape index (κ1) is 44.4. The van der Waals surface area contributed by atoms with Gasteiger partial charge in [0.15, 0.2) is 0 Å². The van der Waals surface area contributed by atoms with E-state index >= 15 is 0 Å². The van der Waals surface area contributed by atoms with Gasteiger partial charge in [0.25, 0.3) is 0 Å². The predicted molar refractivity (Wildman–Crippen MR) is 170 cm³/mol. The second-order valence-corrected chi connectivity index (χ2v) is 11.1. The molecule has 0 aliphatic heterocycles. The molecule has 0 bridgehead atoms. The zero-order chi connectivity index (χ0) is 37.4. The van der Waals surface area contributed by atoms with Crippen LogP contribution in [0.15, 0.2) is 30.3 Å². The van der Waals surface area contributed by atoms with E-state index in [2.05, 4.69) is 21.3 Å². The lowest BCUT2D eigenvalue weighted by Gasteiger charge is -2.24. The van der Waals surface area contributed by atoms with Crippen LogP contribution in [0, 0.1) is 5.92 Å². The SMILES string of the molecule is CCOC(=O)C(CC(C)C)NC(=O)[C@@H](CCCCNC(=O)OCc1ccccc1)NC(=O)N[C@@H](CCCCN)C(=O)O.O=C(O)C(F)(F)F. The third kappa shape index (κ3) is 21.8. The van der Waals surface area contributed by atoms with Gasteiger partial charge in [0.05, 0.1) is 6.61 Å². The zero-order valence-electron chi connectivity index (χ0n) is 27.8. The minimum absolute atomic E-state index is 0.0759. The topological polar surface area (TPSA) is 235 Å². The van der Waals surface area contributed by atoms with E-state index in [1.54, 1.807) is 6.92 Å². The summed E-state index contributed by atoms with van der Waals surface area (Å²) < 4.78 is 42.0. The van der Waals surface area contributed by atoms with Crippen molar-refractivity contribution in [1.29, 1.82) is 0 Å². The van der Waals surface area contributed by atoms with Crippen molar-refractivity contribution >= 4 is 35.9 Å². The summed E-state index contributed by atoms with van der Waals surface area (Å²) in [5.41, 5.74) is 6.33. The van der Waals surface area contributed by atoms with Gasteiger partial charge < -0.3 is 46.7 Å². The number of alkyl carbamates (subject to hydrolysis) is 1. The summed E-state index contributed by atoms with van der Waals surface area (Å²) in [6, 6.07) is 5.28. The molecule has 0 saturated carbocycles. The second kappa shape index (κ2) is 24.5. The number of nitrogens with two attached hydrogens (primary N) is 1. The molecule has 0 spiro atoms. The average molecular weight is 708 g/mol. The Balaban J connectivity index is 0.00000295. The van der Waals surface area contributed by atoms with Crippen LogP contribution in [-0.4, -0.2) is 90.2 Å². The number of hydrogen-bond donors (Lipinski definition) is 7. The van der Waals surface area contributed by atoms with Crippen LogP contribution in [0.25, 0.3) is 0 Å². The fourth-order valence-electron chi connectivity index (χ4n) is 4.02. The van der Waals surface area contributed by atoms with E-state index in [1.165, 1.54) is 0 Å². The number of unbranched alkanes of at least 4 members (excludes halogenated alkanes) is 2. The predicted octanol–water partition coefficient (Wildman–Crippen LogP) is 3.06. The van der Waals surface area contributed by atoms with Crippen LogP contribution in [-0.2, 0) is 35.3 Å². The Morgan fingerprint density at radius 2 is 1.41 bits per heavy atom. The number of halogens is 3. The number of hydrogen-bond acceptors (Lipinski definition) is 9. The van der Waals surface area contributed by atoms with E-state index in [0.29, 0.717) is 38.6 Å². The van der Waals surface area contributed by atoms with Gasteiger partial charge in [0, 0.05) is 6.54 Å². The molecule has 49 heavy (non-hydrogen) atoms. The molecule has 8 N–H and O–H groups in total. The van der Waals surface area contributed by atoms with Gasteiger partial charge >= 0.3 is 36.2 Å². The molecule has 0 aliphatic rings. The number of carboxylic acids is 2. The Kier molecular flexibility index (Phi) is 22.2. The van der Waals surface area contributed by atoms with E-state index in [1.807, 2.05) is 44.2 Å². The van der Waals surface area contributed by atoms with Gasteiger partial charge in [0.1, 0.15) is 24.7 Å². The van der Waals surface area contributed by atoms with E-state index in [0.717, 1.165) is 5.56 Å². The van der Waals surface area contributed by atoms with Crippen LogP contribution >= 0.6 is 0 Å².